The van der Waals surface area contributed by atoms with Crippen LogP contribution in [0.2, 0.25) is 0 Å². The third kappa shape index (κ3) is 5.48. The molecule has 0 saturated heterocycles. The van der Waals surface area contributed by atoms with Crippen LogP contribution in [0.4, 0.5) is 0 Å². The van der Waals surface area contributed by atoms with Gasteiger partial charge >= 0.3 is 0 Å². The number of hydrogen-bond acceptors (Lipinski definition) is 4. The van der Waals surface area contributed by atoms with E-state index in [1.807, 2.05) is 84.9 Å². The molecule has 0 aliphatic heterocycles. The largest absolute Gasteiger partial charge is 0.309 e. The zero-order chi connectivity index (χ0) is 47.4. The molecule has 0 atom stereocenters. The number of hydrogen-bond donors (Lipinski definition) is 0. The second-order valence-corrected chi connectivity index (χ2v) is 14.2. The van der Waals surface area contributed by atoms with Gasteiger partial charge in [-0.05, 0) is 65.1 Å². The third-order valence-electron chi connectivity index (χ3n) is 9.79. The molecule has 8 aromatic carbocycles. The SMILES string of the molecule is [2H]c1c([2H])c([2H])c(-c2c([2H])c([2H])c3c(c2[2H])c2c([2H])c([2H])c([2H])c([2H])c2n3-c2ccc(-c3nc(-c4ccccc4)nc(-c4ccc5c(c4)sc4ccccc45)n3)cc2-c2ccccc2)c([2H])c1[2H]. The van der Waals surface area contributed by atoms with Crippen LogP contribution in [0.5, 0.6) is 0 Å². The van der Waals surface area contributed by atoms with Gasteiger partial charge < -0.3 is 4.57 Å². The van der Waals surface area contributed by atoms with Crippen molar-refractivity contribution in [3.8, 4) is 62.1 Å². The van der Waals surface area contributed by atoms with Crippen LogP contribution < -0.4 is 0 Å². The Morgan fingerprint density at radius 3 is 1.84 bits per heavy atom. The predicted molar refractivity (Wildman–Crippen MR) is 234 cm³/mol. The topological polar surface area (TPSA) is 43.6 Å². The van der Waals surface area contributed by atoms with Crippen molar-refractivity contribution in [1.82, 2.24) is 19.5 Å². The van der Waals surface area contributed by atoms with Gasteiger partial charge in [-0.15, -0.1) is 11.3 Å². The molecule has 0 spiro atoms. The molecule has 0 aliphatic carbocycles. The molecule has 0 saturated carbocycles. The summed E-state index contributed by atoms with van der Waals surface area (Å²) in [6.45, 7) is 0. The maximum atomic E-state index is 9.64. The molecule has 0 aliphatic rings. The fourth-order valence-corrected chi connectivity index (χ4v) is 8.34. The minimum Gasteiger partial charge on any atom is -0.309 e. The monoisotopic (exact) mass is 744 g/mol. The number of para-hydroxylation sites is 1. The zero-order valence-electron chi connectivity index (χ0n) is 41.2. The molecule has 56 heavy (non-hydrogen) atoms. The second-order valence-electron chi connectivity index (χ2n) is 13.1. The van der Waals surface area contributed by atoms with Crippen molar-refractivity contribution in [2.24, 2.45) is 0 Å². The van der Waals surface area contributed by atoms with Gasteiger partial charge in [0.25, 0.3) is 0 Å². The van der Waals surface area contributed by atoms with Crippen LogP contribution in [0.15, 0.2) is 194 Å². The number of thiophene rings is 1. The van der Waals surface area contributed by atoms with Gasteiger partial charge in [-0.1, -0.05) is 145 Å². The lowest BCUT2D eigenvalue weighted by Crippen LogP contribution is -2.02. The van der Waals surface area contributed by atoms with Crippen LogP contribution >= 0.6 is 11.3 Å². The lowest BCUT2D eigenvalue weighted by Gasteiger charge is -2.16. The van der Waals surface area contributed by atoms with Crippen molar-refractivity contribution in [3.63, 3.8) is 0 Å². The quantitative estimate of drug-likeness (QED) is 0.170. The first-order chi connectivity index (χ1) is 32.7. The molecular weight excluding hydrogens is 701 g/mol. The molecule has 0 amide bonds. The molecule has 11 aromatic rings. The van der Waals surface area contributed by atoms with Gasteiger partial charge in [0.1, 0.15) is 0 Å². The van der Waals surface area contributed by atoms with E-state index >= 15 is 0 Å². The molecule has 11 rings (SSSR count). The standard InChI is InChI=1S/C51H32N4S/c1-4-14-33(15-5-1)36-25-28-46-43(30-36)39-20-10-12-22-44(39)55(46)45-29-26-37(31-42(45)34-16-6-2-7-17-34)50-52-49(35-18-8-3-9-19-35)53-51(54-50)38-24-27-41-40-21-11-13-23-47(40)56-48(41)32-38/h1-32H/i1D,4D,5D,10D,12D,14D,15D,20D,22D,25D,28D,30D. The average Bonchev–Trinajstić information content (AvgIpc) is 3.93. The van der Waals surface area contributed by atoms with Gasteiger partial charge in [-0.2, -0.15) is 0 Å². The van der Waals surface area contributed by atoms with Gasteiger partial charge in [0, 0.05) is 53.2 Å². The van der Waals surface area contributed by atoms with E-state index in [9.17, 15) is 6.85 Å². The Balaban J connectivity index is 1.20. The number of nitrogens with zero attached hydrogens (tertiary/aromatic N) is 4. The molecule has 5 heteroatoms. The highest BCUT2D eigenvalue weighted by Gasteiger charge is 2.19. The fourth-order valence-electron chi connectivity index (χ4n) is 7.19. The lowest BCUT2D eigenvalue weighted by atomic mass is 9.99. The normalized spacial score (nSPS) is 14.6. The van der Waals surface area contributed by atoms with Crippen molar-refractivity contribution >= 4 is 53.3 Å². The molecule has 3 aromatic heterocycles. The van der Waals surface area contributed by atoms with Gasteiger partial charge in [-0.3, -0.25) is 0 Å². The van der Waals surface area contributed by atoms with Crippen LogP contribution in [0, 0.1) is 0 Å². The Hall–Kier alpha value is -7.21. The van der Waals surface area contributed by atoms with Crippen molar-refractivity contribution in [3.05, 3.63) is 194 Å². The Morgan fingerprint density at radius 1 is 0.411 bits per heavy atom. The number of rotatable bonds is 6. The molecule has 4 nitrogen and oxygen atoms in total. The first-order valence-electron chi connectivity index (χ1n) is 23.8. The Kier molecular flexibility index (Phi) is 5.27. The summed E-state index contributed by atoms with van der Waals surface area (Å²) in [7, 11) is 0. The van der Waals surface area contributed by atoms with E-state index in [1.165, 1.54) is 9.27 Å². The summed E-state index contributed by atoms with van der Waals surface area (Å²) >= 11 is 1.69. The zero-order valence-corrected chi connectivity index (χ0v) is 30.1. The van der Waals surface area contributed by atoms with Crippen LogP contribution in [0.25, 0.3) is 104 Å². The predicted octanol–water partition coefficient (Wildman–Crippen LogP) is 13.7. The lowest BCUT2D eigenvalue weighted by molar-refractivity contribution is 1.07. The Labute approximate surface area is 344 Å². The average molecular weight is 745 g/mol. The molecule has 0 N–H and O–H groups in total. The molecular formula is C51H32N4S. The Bertz CT molecular complexity index is 3920. The van der Waals surface area contributed by atoms with Crippen LogP contribution in [-0.2, 0) is 0 Å². The molecule has 0 fully saturated rings. The number of benzene rings is 8. The highest BCUT2D eigenvalue weighted by Crippen LogP contribution is 2.40. The minimum absolute atomic E-state index is 0.0824. The maximum Gasteiger partial charge on any atom is 0.164 e. The molecule has 0 unspecified atom stereocenters. The molecule has 3 heterocycles. The fraction of sp³-hybridized carbons (Fsp3) is 0. The summed E-state index contributed by atoms with van der Waals surface area (Å²) in [5.74, 6) is 1.21. The van der Waals surface area contributed by atoms with Crippen LogP contribution in [0.1, 0.15) is 16.4 Å². The van der Waals surface area contributed by atoms with Crippen molar-refractivity contribution in [1.29, 1.82) is 0 Å². The third-order valence-corrected chi connectivity index (χ3v) is 10.9. The van der Waals surface area contributed by atoms with E-state index in [4.69, 9.17) is 24.5 Å². The summed E-state index contributed by atoms with van der Waals surface area (Å²) in [4.78, 5) is 15.0. The van der Waals surface area contributed by atoms with Gasteiger partial charge in [-0.25, -0.2) is 15.0 Å². The summed E-state index contributed by atoms with van der Waals surface area (Å²) in [6.07, 6.45) is 0. The minimum atomic E-state index is -0.693. The van der Waals surface area contributed by atoms with E-state index in [-0.39, 0.29) is 21.8 Å². The van der Waals surface area contributed by atoms with Crippen molar-refractivity contribution in [2.45, 2.75) is 0 Å². The van der Waals surface area contributed by atoms with Crippen LogP contribution in [0.3, 0.4) is 0 Å². The van der Waals surface area contributed by atoms with Crippen LogP contribution in [-0.4, -0.2) is 19.5 Å². The first kappa shape index (κ1) is 22.2. The highest BCUT2D eigenvalue weighted by molar-refractivity contribution is 7.25. The summed E-state index contributed by atoms with van der Waals surface area (Å²) in [6, 6.07) is 31.3. The van der Waals surface area contributed by atoms with E-state index in [2.05, 4.69) is 24.3 Å². The summed E-state index contributed by atoms with van der Waals surface area (Å²) in [5, 5.41) is 2.01. The smallest absolute Gasteiger partial charge is 0.164 e. The molecule has 262 valence electrons. The van der Waals surface area contributed by atoms with Crippen molar-refractivity contribution in [2.75, 3.05) is 0 Å². The Morgan fingerprint density at radius 2 is 1.04 bits per heavy atom. The highest BCUT2D eigenvalue weighted by atomic mass is 32.1. The summed E-state index contributed by atoms with van der Waals surface area (Å²) in [5.41, 5.74) is 2.56. The van der Waals surface area contributed by atoms with E-state index < -0.39 is 83.6 Å². The molecule has 0 bridgehead atoms. The van der Waals surface area contributed by atoms with Crippen molar-refractivity contribution < 1.29 is 16.4 Å². The maximum absolute atomic E-state index is 9.64. The first-order valence-corrected chi connectivity index (χ1v) is 18.6. The second kappa shape index (κ2) is 13.3. The number of aromatic nitrogens is 4. The van der Waals surface area contributed by atoms with Gasteiger partial charge in [0.15, 0.2) is 17.5 Å². The van der Waals surface area contributed by atoms with E-state index in [0.717, 1.165) is 26.6 Å². The number of fused-ring (bicyclic) bond motifs is 6. The van der Waals surface area contributed by atoms with Gasteiger partial charge in [0.05, 0.1) is 33.2 Å². The van der Waals surface area contributed by atoms with E-state index in [0.29, 0.717) is 39.9 Å². The summed E-state index contributed by atoms with van der Waals surface area (Å²) < 4.78 is 111. The molecule has 0 radical (unpaired) electrons. The van der Waals surface area contributed by atoms with Gasteiger partial charge in [0.2, 0.25) is 0 Å². The van der Waals surface area contributed by atoms with E-state index in [1.54, 1.807) is 23.5 Å².